The second-order valence-electron chi connectivity index (χ2n) is 10.9. The lowest BCUT2D eigenvalue weighted by atomic mass is 9.74. The molecule has 1 aromatic carbocycles. The first-order valence-electron chi connectivity index (χ1n) is 12.8. The Morgan fingerprint density at radius 3 is 2.44 bits per heavy atom. The molecule has 0 N–H and O–H groups in total. The van der Waals surface area contributed by atoms with Crippen molar-refractivity contribution in [1.82, 2.24) is 0 Å². The van der Waals surface area contributed by atoms with Crippen LogP contribution in [0.15, 0.2) is 88.6 Å². The lowest BCUT2D eigenvalue weighted by Gasteiger charge is -2.32. The molecule has 32 heavy (non-hydrogen) atoms. The maximum atomic E-state index is 2.47. The molecule has 0 bridgehead atoms. The molecule has 0 saturated heterocycles. The molecule has 0 nitrogen and oxygen atoms in total. The summed E-state index contributed by atoms with van der Waals surface area (Å²) in [6, 6.07) is 7.32. The zero-order valence-electron chi connectivity index (χ0n) is 20.3. The third-order valence-corrected chi connectivity index (χ3v) is 8.35. The van der Waals surface area contributed by atoms with Gasteiger partial charge in [0, 0.05) is 5.92 Å². The average Bonchev–Trinajstić information content (AvgIpc) is 3.44. The number of aryl methyl sites for hydroxylation is 1. The highest BCUT2D eigenvalue weighted by Gasteiger charge is 2.28. The molecule has 0 heterocycles. The fraction of sp³-hybridized carbons (Fsp3) is 0.438. The van der Waals surface area contributed by atoms with Gasteiger partial charge in [0.2, 0.25) is 0 Å². The molecule has 0 radical (unpaired) electrons. The predicted molar refractivity (Wildman–Crippen MR) is 138 cm³/mol. The van der Waals surface area contributed by atoms with E-state index in [1.165, 1.54) is 64.7 Å². The summed E-state index contributed by atoms with van der Waals surface area (Å²) in [6.45, 7) is 9.36. The van der Waals surface area contributed by atoms with Gasteiger partial charge in [-0.25, -0.2) is 0 Å². The molecule has 0 aromatic heterocycles. The van der Waals surface area contributed by atoms with E-state index in [1.807, 2.05) is 0 Å². The molecule has 1 aromatic rings. The van der Waals surface area contributed by atoms with Gasteiger partial charge in [0.25, 0.3) is 0 Å². The second kappa shape index (κ2) is 8.89. The smallest absolute Gasteiger partial charge is 0.0281 e. The van der Waals surface area contributed by atoms with Crippen molar-refractivity contribution in [2.45, 2.75) is 72.1 Å². The van der Waals surface area contributed by atoms with E-state index in [9.17, 15) is 0 Å². The first kappa shape index (κ1) is 21.5. The molecule has 1 saturated carbocycles. The lowest BCUT2D eigenvalue weighted by molar-refractivity contribution is 0.258. The van der Waals surface area contributed by atoms with E-state index in [0.29, 0.717) is 5.92 Å². The molecule has 1 fully saturated rings. The van der Waals surface area contributed by atoms with E-state index in [1.54, 1.807) is 5.56 Å². The van der Waals surface area contributed by atoms with E-state index in [-0.39, 0.29) is 0 Å². The van der Waals surface area contributed by atoms with Gasteiger partial charge in [0.1, 0.15) is 0 Å². The van der Waals surface area contributed by atoms with Gasteiger partial charge in [-0.2, -0.15) is 0 Å². The Bertz CT molecular complexity index is 1070. The Kier molecular flexibility index (Phi) is 5.97. The van der Waals surface area contributed by atoms with E-state index >= 15 is 0 Å². The molecular formula is C32H38. The van der Waals surface area contributed by atoms with Crippen LogP contribution in [-0.2, 0) is 6.42 Å². The van der Waals surface area contributed by atoms with Gasteiger partial charge in [-0.05, 0) is 109 Å². The number of rotatable bonds is 5. The molecular weight excluding hydrogens is 384 g/mol. The number of fused-ring (bicyclic) bond motifs is 1. The fourth-order valence-electron chi connectivity index (χ4n) is 6.36. The van der Waals surface area contributed by atoms with Crippen molar-refractivity contribution in [3.8, 4) is 0 Å². The maximum Gasteiger partial charge on any atom is 0.0281 e. The summed E-state index contributed by atoms with van der Waals surface area (Å²) >= 11 is 0. The summed E-state index contributed by atoms with van der Waals surface area (Å²) < 4.78 is 0. The fourth-order valence-corrected chi connectivity index (χ4v) is 6.36. The van der Waals surface area contributed by atoms with E-state index in [0.717, 1.165) is 30.6 Å². The first-order valence-corrected chi connectivity index (χ1v) is 12.8. The van der Waals surface area contributed by atoms with Crippen LogP contribution in [0, 0.1) is 24.7 Å². The van der Waals surface area contributed by atoms with Crippen LogP contribution in [0.25, 0.3) is 0 Å². The van der Waals surface area contributed by atoms with Crippen LogP contribution >= 0.6 is 0 Å². The molecule has 166 valence electrons. The first-order chi connectivity index (χ1) is 15.5. The van der Waals surface area contributed by atoms with Crippen LogP contribution in [0.4, 0.5) is 0 Å². The lowest BCUT2D eigenvalue weighted by Crippen LogP contribution is -2.18. The van der Waals surface area contributed by atoms with Gasteiger partial charge >= 0.3 is 0 Å². The number of allylic oxidation sites excluding steroid dienone is 12. The van der Waals surface area contributed by atoms with Crippen molar-refractivity contribution in [2.75, 3.05) is 0 Å². The van der Waals surface area contributed by atoms with Crippen LogP contribution < -0.4 is 0 Å². The number of hydrogen-bond acceptors (Lipinski definition) is 0. The van der Waals surface area contributed by atoms with E-state index in [2.05, 4.69) is 88.4 Å². The Morgan fingerprint density at radius 2 is 1.75 bits per heavy atom. The number of hydrogen-bond donors (Lipinski definition) is 0. The normalized spacial score (nSPS) is 27.0. The summed E-state index contributed by atoms with van der Waals surface area (Å²) in [6.07, 6.45) is 24.1. The predicted octanol–water partition coefficient (Wildman–Crippen LogP) is 8.72. The Labute approximate surface area is 195 Å². The molecule has 1 unspecified atom stereocenters. The highest BCUT2D eigenvalue weighted by molar-refractivity contribution is 5.61. The van der Waals surface area contributed by atoms with Gasteiger partial charge in [-0.15, -0.1) is 0 Å². The van der Waals surface area contributed by atoms with E-state index < -0.39 is 0 Å². The van der Waals surface area contributed by atoms with Gasteiger partial charge in [-0.1, -0.05) is 80.2 Å². The molecule has 0 amide bonds. The summed E-state index contributed by atoms with van der Waals surface area (Å²) in [5.74, 6) is 2.97. The molecule has 4 aliphatic carbocycles. The summed E-state index contributed by atoms with van der Waals surface area (Å²) in [5.41, 5.74) is 11.9. The minimum atomic E-state index is 0.430. The van der Waals surface area contributed by atoms with Gasteiger partial charge in [0.15, 0.2) is 0 Å². The largest absolute Gasteiger partial charge is 0.0729 e. The van der Waals surface area contributed by atoms with Crippen LogP contribution in [0.2, 0.25) is 0 Å². The standard InChI is InChI=1S/C32H38/c1-21(2)25-11-13-26(14-12-25)29-16-9-24(19-23(29)4)20-28-15-17-31(27-10-8-22(3)18-27)32-7-5-6-30(28)32/h5-7,9-10,15-19,21,25-26,32H,8,11-14,20H2,1-4H3. The molecule has 4 aliphatic rings. The average molecular weight is 423 g/mol. The molecule has 0 aliphatic heterocycles. The van der Waals surface area contributed by atoms with Gasteiger partial charge in [0.05, 0.1) is 0 Å². The van der Waals surface area contributed by atoms with Crippen molar-refractivity contribution >= 4 is 0 Å². The van der Waals surface area contributed by atoms with Crippen LogP contribution in [0.5, 0.6) is 0 Å². The minimum Gasteiger partial charge on any atom is -0.0729 e. The van der Waals surface area contributed by atoms with Crippen LogP contribution in [0.1, 0.15) is 75.5 Å². The zero-order chi connectivity index (χ0) is 22.2. The van der Waals surface area contributed by atoms with Crippen LogP contribution in [-0.4, -0.2) is 0 Å². The van der Waals surface area contributed by atoms with Crippen molar-refractivity contribution in [3.05, 3.63) is 105 Å². The molecule has 1 atom stereocenters. The summed E-state index contributed by atoms with van der Waals surface area (Å²) in [7, 11) is 0. The molecule has 0 heteroatoms. The monoisotopic (exact) mass is 422 g/mol. The van der Waals surface area contributed by atoms with E-state index in [4.69, 9.17) is 0 Å². The minimum absolute atomic E-state index is 0.430. The van der Waals surface area contributed by atoms with Crippen molar-refractivity contribution in [2.24, 2.45) is 17.8 Å². The van der Waals surface area contributed by atoms with Crippen molar-refractivity contribution in [1.29, 1.82) is 0 Å². The highest BCUT2D eigenvalue weighted by Crippen LogP contribution is 2.43. The zero-order valence-corrected chi connectivity index (χ0v) is 20.3. The number of benzene rings is 1. The Morgan fingerprint density at radius 1 is 0.938 bits per heavy atom. The quantitative estimate of drug-likeness (QED) is 0.445. The maximum absolute atomic E-state index is 2.47. The van der Waals surface area contributed by atoms with Crippen molar-refractivity contribution in [3.63, 3.8) is 0 Å². The third kappa shape index (κ3) is 4.17. The van der Waals surface area contributed by atoms with Crippen LogP contribution in [0.3, 0.4) is 0 Å². The topological polar surface area (TPSA) is 0 Å². The van der Waals surface area contributed by atoms with Gasteiger partial charge < -0.3 is 0 Å². The Hall–Kier alpha value is -2.34. The SMILES string of the molecule is CC1=CC(C2=CC=C(Cc3ccc(C4CCC(C(C)C)CC4)c(C)c3)C3=CC=CC23)=CC1. The summed E-state index contributed by atoms with van der Waals surface area (Å²) in [5, 5.41) is 0. The second-order valence-corrected chi connectivity index (χ2v) is 10.9. The molecule has 0 spiro atoms. The molecule has 5 rings (SSSR count). The summed E-state index contributed by atoms with van der Waals surface area (Å²) in [4.78, 5) is 0. The van der Waals surface area contributed by atoms with Gasteiger partial charge in [-0.3, -0.25) is 0 Å². The Balaban J connectivity index is 1.32. The van der Waals surface area contributed by atoms with Crippen molar-refractivity contribution < 1.29 is 0 Å². The highest BCUT2D eigenvalue weighted by atomic mass is 14.3. The third-order valence-electron chi connectivity index (χ3n) is 8.35.